The van der Waals surface area contributed by atoms with E-state index in [1.54, 1.807) is 0 Å². The fourth-order valence-corrected chi connectivity index (χ4v) is 4.14. The predicted molar refractivity (Wildman–Crippen MR) is 111 cm³/mol. The molecule has 0 radical (unpaired) electrons. The summed E-state index contributed by atoms with van der Waals surface area (Å²) in [5.41, 5.74) is 6.17. The summed E-state index contributed by atoms with van der Waals surface area (Å²) in [6, 6.07) is 7.00. The Hall–Kier alpha value is -1.69. The van der Waals surface area contributed by atoms with Gasteiger partial charge in [0.05, 0.1) is 11.9 Å². The maximum atomic E-state index is 9.50. The lowest BCUT2D eigenvalue weighted by atomic mass is 9.99. The number of piperazine rings is 1. The fraction of sp³-hybridized carbons (Fsp3) is 0.591. The molecule has 5 nitrogen and oxygen atoms in total. The normalized spacial score (nSPS) is 19.1. The van der Waals surface area contributed by atoms with E-state index in [2.05, 4.69) is 65.9 Å². The van der Waals surface area contributed by atoms with Crippen LogP contribution in [0.5, 0.6) is 0 Å². The highest BCUT2D eigenvalue weighted by Gasteiger charge is 2.27. The lowest BCUT2D eigenvalue weighted by Crippen LogP contribution is -2.53. The molecule has 5 heteroatoms. The Bertz CT molecular complexity index is 740. The second-order valence-electron chi connectivity index (χ2n) is 8.38. The van der Waals surface area contributed by atoms with Gasteiger partial charge in [-0.05, 0) is 37.8 Å². The number of hydrogen-bond acceptors (Lipinski definition) is 4. The molecule has 1 saturated heterocycles. The molecule has 1 aliphatic heterocycles. The van der Waals surface area contributed by atoms with Crippen LogP contribution in [0.4, 0.5) is 0 Å². The third-order valence-electron chi connectivity index (χ3n) is 5.52. The van der Waals surface area contributed by atoms with Gasteiger partial charge in [-0.3, -0.25) is 14.9 Å². The van der Waals surface area contributed by atoms with Crippen LogP contribution in [0.3, 0.4) is 0 Å². The van der Waals surface area contributed by atoms with Crippen LogP contribution >= 0.6 is 0 Å². The van der Waals surface area contributed by atoms with E-state index in [0.29, 0.717) is 12.0 Å². The first-order chi connectivity index (χ1) is 13.0. The van der Waals surface area contributed by atoms with Crippen molar-refractivity contribution in [2.45, 2.75) is 46.7 Å². The highest BCUT2D eigenvalue weighted by Crippen LogP contribution is 2.27. The second-order valence-corrected chi connectivity index (χ2v) is 8.38. The standard InChI is InChI=1S/C22H34N4O/c1-16(2)13-26-9-8-25(15-20(26)7-10-27)14-19-12-23-24-22(19)21-11-17(3)5-6-18(21)4/h5-6,11-12,16,20,27H,7-10,13-15H2,1-4H3,(H,23,24). The number of aliphatic hydroxyl groups excluding tert-OH is 1. The molecule has 1 unspecified atom stereocenters. The zero-order valence-corrected chi connectivity index (χ0v) is 17.2. The van der Waals surface area contributed by atoms with Crippen molar-refractivity contribution in [3.8, 4) is 11.3 Å². The maximum Gasteiger partial charge on any atom is 0.0698 e. The van der Waals surface area contributed by atoms with Crippen molar-refractivity contribution in [1.82, 2.24) is 20.0 Å². The van der Waals surface area contributed by atoms with Gasteiger partial charge in [-0.15, -0.1) is 0 Å². The molecule has 2 N–H and O–H groups in total. The summed E-state index contributed by atoms with van der Waals surface area (Å²) in [6.45, 7) is 14.2. The number of aromatic amines is 1. The van der Waals surface area contributed by atoms with E-state index in [1.807, 2.05) is 6.20 Å². The zero-order valence-electron chi connectivity index (χ0n) is 17.2. The molecule has 1 aliphatic rings. The number of aryl methyl sites for hydroxylation is 2. The first-order valence-electron chi connectivity index (χ1n) is 10.1. The van der Waals surface area contributed by atoms with Gasteiger partial charge >= 0.3 is 0 Å². The van der Waals surface area contributed by atoms with Crippen molar-refractivity contribution in [1.29, 1.82) is 0 Å². The molecule has 148 valence electrons. The van der Waals surface area contributed by atoms with Crippen LogP contribution in [0.15, 0.2) is 24.4 Å². The van der Waals surface area contributed by atoms with E-state index >= 15 is 0 Å². The van der Waals surface area contributed by atoms with Gasteiger partial charge in [0.15, 0.2) is 0 Å². The third-order valence-corrected chi connectivity index (χ3v) is 5.52. The van der Waals surface area contributed by atoms with Gasteiger partial charge in [0.1, 0.15) is 0 Å². The van der Waals surface area contributed by atoms with Gasteiger partial charge < -0.3 is 5.11 Å². The summed E-state index contributed by atoms with van der Waals surface area (Å²) in [4.78, 5) is 5.06. The zero-order chi connectivity index (χ0) is 19.4. The quantitative estimate of drug-likeness (QED) is 0.786. The van der Waals surface area contributed by atoms with Crippen LogP contribution in [0, 0.1) is 19.8 Å². The second kappa shape index (κ2) is 9.00. The Kier molecular flexibility index (Phi) is 6.68. The topological polar surface area (TPSA) is 55.4 Å². The Morgan fingerprint density at radius 1 is 1.26 bits per heavy atom. The summed E-state index contributed by atoms with van der Waals surface area (Å²) in [5.74, 6) is 0.655. The largest absolute Gasteiger partial charge is 0.396 e. The minimum absolute atomic E-state index is 0.256. The third kappa shape index (κ3) is 4.98. The van der Waals surface area contributed by atoms with Crippen LogP contribution < -0.4 is 0 Å². The number of nitrogens with one attached hydrogen (secondary N) is 1. The number of nitrogens with zero attached hydrogens (tertiary/aromatic N) is 3. The van der Waals surface area contributed by atoms with E-state index in [4.69, 9.17) is 0 Å². The molecule has 1 atom stereocenters. The van der Waals surface area contributed by atoms with Crippen molar-refractivity contribution in [3.63, 3.8) is 0 Å². The number of hydrogen-bond donors (Lipinski definition) is 2. The fourth-order valence-electron chi connectivity index (χ4n) is 4.14. The van der Waals surface area contributed by atoms with Crippen LogP contribution in [-0.2, 0) is 6.54 Å². The monoisotopic (exact) mass is 370 g/mol. The molecule has 1 aromatic heterocycles. The smallest absolute Gasteiger partial charge is 0.0698 e. The Labute approximate surface area is 163 Å². The molecule has 3 rings (SSSR count). The minimum atomic E-state index is 0.256. The Balaban J connectivity index is 1.73. The van der Waals surface area contributed by atoms with Crippen molar-refractivity contribution in [2.24, 2.45) is 5.92 Å². The number of rotatable bonds is 7. The van der Waals surface area contributed by atoms with Gasteiger partial charge in [-0.25, -0.2) is 0 Å². The lowest BCUT2D eigenvalue weighted by molar-refractivity contribution is 0.0477. The SMILES string of the molecule is Cc1ccc(C)c(-c2[nH]ncc2CN2CCN(CC(C)C)C(CCO)C2)c1. The highest BCUT2D eigenvalue weighted by molar-refractivity contribution is 5.67. The molecular formula is C22H34N4O. The van der Waals surface area contributed by atoms with Gasteiger partial charge in [-0.2, -0.15) is 5.10 Å². The summed E-state index contributed by atoms with van der Waals surface area (Å²) < 4.78 is 0. The summed E-state index contributed by atoms with van der Waals surface area (Å²) in [6.07, 6.45) is 2.82. The van der Waals surface area contributed by atoms with Gasteiger partial charge in [0, 0.05) is 56.5 Å². The Morgan fingerprint density at radius 3 is 2.81 bits per heavy atom. The van der Waals surface area contributed by atoms with Crippen molar-refractivity contribution >= 4 is 0 Å². The van der Waals surface area contributed by atoms with Crippen molar-refractivity contribution < 1.29 is 5.11 Å². The summed E-state index contributed by atoms with van der Waals surface area (Å²) >= 11 is 0. The first kappa shape index (κ1) is 20.1. The summed E-state index contributed by atoms with van der Waals surface area (Å²) in [5, 5.41) is 17.1. The molecule has 0 spiro atoms. The molecule has 27 heavy (non-hydrogen) atoms. The number of aliphatic hydroxyl groups is 1. The van der Waals surface area contributed by atoms with Gasteiger partial charge in [0.2, 0.25) is 0 Å². The number of H-pyrrole nitrogens is 1. The van der Waals surface area contributed by atoms with E-state index in [9.17, 15) is 5.11 Å². The average molecular weight is 371 g/mol. The molecule has 0 aliphatic carbocycles. The van der Waals surface area contributed by atoms with Crippen molar-refractivity contribution in [2.75, 3.05) is 32.8 Å². The number of aromatic nitrogens is 2. The van der Waals surface area contributed by atoms with E-state index < -0.39 is 0 Å². The maximum absolute atomic E-state index is 9.50. The summed E-state index contributed by atoms with van der Waals surface area (Å²) in [7, 11) is 0. The molecule has 0 bridgehead atoms. The molecular weight excluding hydrogens is 336 g/mol. The van der Waals surface area contributed by atoms with Crippen LogP contribution in [0.25, 0.3) is 11.3 Å². The predicted octanol–water partition coefficient (Wildman–Crippen LogP) is 3.22. The number of benzene rings is 1. The van der Waals surface area contributed by atoms with Crippen LogP contribution in [0.2, 0.25) is 0 Å². The molecule has 0 amide bonds. The van der Waals surface area contributed by atoms with Crippen LogP contribution in [0.1, 0.15) is 37.0 Å². The van der Waals surface area contributed by atoms with Gasteiger partial charge in [-0.1, -0.05) is 31.5 Å². The molecule has 1 aromatic carbocycles. The molecule has 1 fully saturated rings. The van der Waals surface area contributed by atoms with E-state index in [-0.39, 0.29) is 6.61 Å². The Morgan fingerprint density at radius 2 is 2.07 bits per heavy atom. The average Bonchev–Trinajstić information content (AvgIpc) is 3.07. The lowest BCUT2D eigenvalue weighted by Gasteiger charge is -2.42. The molecule has 2 aromatic rings. The minimum Gasteiger partial charge on any atom is -0.396 e. The van der Waals surface area contributed by atoms with E-state index in [1.165, 1.54) is 22.3 Å². The van der Waals surface area contributed by atoms with Crippen LogP contribution in [-0.4, -0.2) is 63.9 Å². The first-order valence-corrected chi connectivity index (χ1v) is 10.1. The van der Waals surface area contributed by atoms with E-state index in [0.717, 1.165) is 44.8 Å². The molecule has 0 saturated carbocycles. The van der Waals surface area contributed by atoms with Crippen molar-refractivity contribution in [3.05, 3.63) is 41.1 Å². The molecule has 2 heterocycles. The van der Waals surface area contributed by atoms with Gasteiger partial charge in [0.25, 0.3) is 0 Å². The highest BCUT2D eigenvalue weighted by atomic mass is 16.3.